The fourth-order valence-electron chi connectivity index (χ4n) is 1.00. The van der Waals surface area contributed by atoms with Gasteiger partial charge in [-0.05, 0) is 18.4 Å². The third-order valence-electron chi connectivity index (χ3n) is 1.68. The molecule has 0 N–H and O–H groups in total. The van der Waals surface area contributed by atoms with Crippen molar-refractivity contribution in [3.63, 3.8) is 0 Å². The molecule has 0 aliphatic heterocycles. The van der Waals surface area contributed by atoms with E-state index < -0.39 is 0 Å². The van der Waals surface area contributed by atoms with Crippen LogP contribution in [-0.4, -0.2) is 17.8 Å². The second-order valence-electron chi connectivity index (χ2n) is 2.68. The molecule has 0 amide bonds. The van der Waals surface area contributed by atoms with Crippen LogP contribution in [0.15, 0.2) is 24.3 Å². The van der Waals surface area contributed by atoms with E-state index in [1.54, 1.807) is 23.9 Å². The third kappa shape index (κ3) is 3.19. The molecule has 3 heteroatoms. The normalized spacial score (nSPS) is 10.0. The fraction of sp³-hybridized carbons (Fsp3) is 0.300. The van der Waals surface area contributed by atoms with E-state index in [2.05, 4.69) is 0 Å². The molecule has 70 valence electrons. The van der Waals surface area contributed by atoms with Crippen molar-refractivity contribution in [3.05, 3.63) is 35.6 Å². The SMILES string of the molecule is CSCCC(=O)c1cccc(F)c1. The molecular weight excluding hydrogens is 187 g/mol. The van der Waals surface area contributed by atoms with Crippen molar-refractivity contribution in [1.82, 2.24) is 0 Å². The number of Topliss-reactive ketones (excluding diaryl/α,β-unsaturated/α-hetero) is 1. The van der Waals surface area contributed by atoms with E-state index in [0.717, 1.165) is 5.75 Å². The molecule has 0 unspecified atom stereocenters. The molecule has 0 heterocycles. The molecule has 1 aromatic rings. The quantitative estimate of drug-likeness (QED) is 0.692. The molecule has 0 aliphatic carbocycles. The lowest BCUT2D eigenvalue weighted by atomic mass is 10.1. The highest BCUT2D eigenvalue weighted by Gasteiger charge is 2.05. The summed E-state index contributed by atoms with van der Waals surface area (Å²) in [6.07, 6.45) is 2.42. The zero-order valence-electron chi connectivity index (χ0n) is 7.42. The number of rotatable bonds is 4. The van der Waals surface area contributed by atoms with E-state index in [4.69, 9.17) is 0 Å². The molecular formula is C10H11FOS. The van der Waals surface area contributed by atoms with Crippen molar-refractivity contribution in [2.75, 3.05) is 12.0 Å². The largest absolute Gasteiger partial charge is 0.294 e. The second kappa shape index (κ2) is 5.02. The van der Waals surface area contributed by atoms with Crippen LogP contribution < -0.4 is 0 Å². The predicted octanol–water partition coefficient (Wildman–Crippen LogP) is 2.76. The predicted molar refractivity (Wildman–Crippen MR) is 53.7 cm³/mol. The lowest BCUT2D eigenvalue weighted by Crippen LogP contribution is -2.00. The first kappa shape index (κ1) is 10.3. The summed E-state index contributed by atoms with van der Waals surface area (Å²) in [6.45, 7) is 0. The van der Waals surface area contributed by atoms with Crippen LogP contribution in [0.1, 0.15) is 16.8 Å². The lowest BCUT2D eigenvalue weighted by molar-refractivity contribution is 0.0989. The first-order valence-corrected chi connectivity index (χ1v) is 5.41. The van der Waals surface area contributed by atoms with Crippen LogP contribution in [0.3, 0.4) is 0 Å². The van der Waals surface area contributed by atoms with Gasteiger partial charge in [0.2, 0.25) is 0 Å². The Balaban J connectivity index is 2.66. The Labute approximate surface area is 81.3 Å². The summed E-state index contributed by atoms with van der Waals surface area (Å²) in [7, 11) is 0. The number of carbonyl (C=O) groups excluding carboxylic acids is 1. The molecule has 0 aliphatic rings. The highest BCUT2D eigenvalue weighted by Crippen LogP contribution is 2.08. The minimum absolute atomic E-state index is 0.00819. The molecule has 0 bridgehead atoms. The fourth-order valence-corrected chi connectivity index (χ4v) is 1.39. The zero-order chi connectivity index (χ0) is 9.68. The molecule has 1 aromatic carbocycles. The van der Waals surface area contributed by atoms with Gasteiger partial charge in [-0.1, -0.05) is 12.1 Å². The highest BCUT2D eigenvalue weighted by atomic mass is 32.2. The van der Waals surface area contributed by atoms with Crippen LogP contribution in [0, 0.1) is 5.82 Å². The molecule has 1 nitrogen and oxygen atoms in total. The third-order valence-corrected chi connectivity index (χ3v) is 2.29. The zero-order valence-corrected chi connectivity index (χ0v) is 8.23. The van der Waals surface area contributed by atoms with Gasteiger partial charge in [0.15, 0.2) is 5.78 Å². The Morgan fingerprint density at radius 2 is 2.31 bits per heavy atom. The van der Waals surface area contributed by atoms with Gasteiger partial charge in [-0.2, -0.15) is 11.8 Å². The summed E-state index contributed by atoms with van der Waals surface area (Å²) >= 11 is 1.61. The number of halogens is 1. The van der Waals surface area contributed by atoms with Crippen LogP contribution in [0.4, 0.5) is 4.39 Å². The maximum atomic E-state index is 12.7. The number of carbonyl (C=O) groups is 1. The van der Waals surface area contributed by atoms with E-state index in [0.29, 0.717) is 12.0 Å². The maximum absolute atomic E-state index is 12.7. The Morgan fingerprint density at radius 1 is 1.54 bits per heavy atom. The maximum Gasteiger partial charge on any atom is 0.163 e. The summed E-state index contributed by atoms with van der Waals surface area (Å²) in [5.74, 6) is 0.443. The Kier molecular flexibility index (Phi) is 3.96. The summed E-state index contributed by atoms with van der Waals surface area (Å²) in [6, 6.07) is 5.82. The minimum Gasteiger partial charge on any atom is -0.294 e. The van der Waals surface area contributed by atoms with Gasteiger partial charge in [0, 0.05) is 17.7 Å². The molecule has 0 spiro atoms. The van der Waals surface area contributed by atoms with Crippen molar-refractivity contribution in [3.8, 4) is 0 Å². The van der Waals surface area contributed by atoms with Crippen LogP contribution in [-0.2, 0) is 0 Å². The first-order valence-electron chi connectivity index (χ1n) is 4.01. The summed E-state index contributed by atoms with van der Waals surface area (Å²) in [5, 5.41) is 0. The van der Waals surface area contributed by atoms with Crippen LogP contribution in [0.25, 0.3) is 0 Å². The monoisotopic (exact) mass is 198 g/mol. The molecule has 0 aromatic heterocycles. The molecule has 1 rings (SSSR count). The highest BCUT2D eigenvalue weighted by molar-refractivity contribution is 7.98. The summed E-state index contributed by atoms with van der Waals surface area (Å²) < 4.78 is 12.7. The molecule has 0 radical (unpaired) electrons. The number of thioether (sulfide) groups is 1. The van der Waals surface area contributed by atoms with Crippen molar-refractivity contribution >= 4 is 17.5 Å². The van der Waals surface area contributed by atoms with E-state index >= 15 is 0 Å². The average molecular weight is 198 g/mol. The van der Waals surface area contributed by atoms with Crippen molar-refractivity contribution < 1.29 is 9.18 Å². The van der Waals surface area contributed by atoms with E-state index in [9.17, 15) is 9.18 Å². The first-order chi connectivity index (χ1) is 6.24. The van der Waals surface area contributed by atoms with E-state index in [-0.39, 0.29) is 11.6 Å². The number of benzene rings is 1. The molecule has 0 saturated heterocycles. The van der Waals surface area contributed by atoms with Crippen LogP contribution in [0.2, 0.25) is 0 Å². The van der Waals surface area contributed by atoms with Gasteiger partial charge in [-0.25, -0.2) is 4.39 Å². The number of hydrogen-bond acceptors (Lipinski definition) is 2. The number of ketones is 1. The molecule has 0 fully saturated rings. The van der Waals surface area contributed by atoms with Gasteiger partial charge >= 0.3 is 0 Å². The van der Waals surface area contributed by atoms with Crippen molar-refractivity contribution in [1.29, 1.82) is 0 Å². The van der Waals surface area contributed by atoms with E-state index in [1.807, 2.05) is 6.26 Å². The van der Waals surface area contributed by atoms with Gasteiger partial charge in [-0.15, -0.1) is 0 Å². The lowest BCUT2D eigenvalue weighted by Gasteiger charge is -1.98. The molecule has 0 atom stereocenters. The summed E-state index contributed by atoms with van der Waals surface area (Å²) in [5.41, 5.74) is 0.467. The average Bonchev–Trinajstić information content (AvgIpc) is 2.14. The van der Waals surface area contributed by atoms with Crippen molar-refractivity contribution in [2.45, 2.75) is 6.42 Å². The minimum atomic E-state index is -0.352. The topological polar surface area (TPSA) is 17.1 Å². The van der Waals surface area contributed by atoms with Crippen LogP contribution >= 0.6 is 11.8 Å². The van der Waals surface area contributed by atoms with Gasteiger partial charge in [-0.3, -0.25) is 4.79 Å². The Bertz CT molecular complexity index is 299. The Hall–Kier alpha value is -0.830. The standard InChI is InChI=1S/C10H11FOS/c1-13-6-5-10(12)8-3-2-4-9(11)7-8/h2-4,7H,5-6H2,1H3. The Morgan fingerprint density at radius 3 is 2.92 bits per heavy atom. The summed E-state index contributed by atoms with van der Waals surface area (Å²) in [4.78, 5) is 11.4. The molecule has 13 heavy (non-hydrogen) atoms. The molecule has 0 saturated carbocycles. The second-order valence-corrected chi connectivity index (χ2v) is 3.66. The van der Waals surface area contributed by atoms with Gasteiger partial charge < -0.3 is 0 Å². The van der Waals surface area contributed by atoms with Gasteiger partial charge in [0.1, 0.15) is 5.82 Å². The van der Waals surface area contributed by atoms with Gasteiger partial charge in [0.05, 0.1) is 0 Å². The van der Waals surface area contributed by atoms with Gasteiger partial charge in [0.25, 0.3) is 0 Å². The van der Waals surface area contributed by atoms with Crippen molar-refractivity contribution in [2.24, 2.45) is 0 Å². The number of hydrogen-bond donors (Lipinski definition) is 0. The van der Waals surface area contributed by atoms with Crippen LogP contribution in [0.5, 0.6) is 0 Å². The van der Waals surface area contributed by atoms with E-state index in [1.165, 1.54) is 12.1 Å². The smallest absolute Gasteiger partial charge is 0.163 e.